The van der Waals surface area contributed by atoms with Crippen LogP contribution in [0.5, 0.6) is 0 Å². The summed E-state index contributed by atoms with van der Waals surface area (Å²) in [6, 6.07) is 7.44. The normalized spacial score (nSPS) is 15.2. The Kier molecular flexibility index (Phi) is 5.18. The molecule has 1 saturated carbocycles. The highest BCUT2D eigenvalue weighted by molar-refractivity contribution is 14.1. The first kappa shape index (κ1) is 14.3. The van der Waals surface area contributed by atoms with E-state index in [1.54, 1.807) is 0 Å². The van der Waals surface area contributed by atoms with Crippen LogP contribution < -0.4 is 5.32 Å². The number of esters is 1. The standard InChI is InChI=1S/C14H16INO3/c15-11-5-7-12(8-6-11)16-13(17)9-19-14(18)10-3-1-2-4-10/h5-8,10H,1-4,9H2,(H,16,17). The van der Waals surface area contributed by atoms with Crippen LogP contribution in [-0.4, -0.2) is 18.5 Å². The lowest BCUT2D eigenvalue weighted by Crippen LogP contribution is -2.23. The molecule has 2 rings (SSSR count). The minimum Gasteiger partial charge on any atom is -0.455 e. The van der Waals surface area contributed by atoms with Crippen molar-refractivity contribution in [2.24, 2.45) is 5.92 Å². The van der Waals surface area contributed by atoms with Crippen LogP contribution in [0.2, 0.25) is 0 Å². The van der Waals surface area contributed by atoms with Crippen molar-refractivity contribution in [1.29, 1.82) is 0 Å². The van der Waals surface area contributed by atoms with Crippen molar-refractivity contribution in [2.45, 2.75) is 25.7 Å². The smallest absolute Gasteiger partial charge is 0.309 e. The molecular weight excluding hydrogens is 357 g/mol. The van der Waals surface area contributed by atoms with Gasteiger partial charge in [-0.15, -0.1) is 0 Å². The fourth-order valence-electron chi connectivity index (χ4n) is 2.15. The number of nitrogens with one attached hydrogen (secondary N) is 1. The number of amides is 1. The van der Waals surface area contributed by atoms with Crippen LogP contribution in [0, 0.1) is 9.49 Å². The summed E-state index contributed by atoms with van der Waals surface area (Å²) in [5.41, 5.74) is 0.710. The zero-order valence-electron chi connectivity index (χ0n) is 10.5. The molecule has 1 aliphatic rings. The number of carbonyl (C=O) groups excluding carboxylic acids is 2. The molecule has 5 heteroatoms. The van der Waals surface area contributed by atoms with Crippen molar-refractivity contribution < 1.29 is 14.3 Å². The third-order valence-corrected chi connectivity index (χ3v) is 3.88. The zero-order valence-corrected chi connectivity index (χ0v) is 12.7. The molecule has 0 aliphatic heterocycles. The van der Waals surface area contributed by atoms with Crippen LogP contribution in [0.3, 0.4) is 0 Å². The molecule has 19 heavy (non-hydrogen) atoms. The minimum absolute atomic E-state index is 0.00824. The van der Waals surface area contributed by atoms with Crippen molar-refractivity contribution in [3.8, 4) is 0 Å². The molecule has 102 valence electrons. The predicted molar refractivity (Wildman–Crippen MR) is 80.7 cm³/mol. The fourth-order valence-corrected chi connectivity index (χ4v) is 2.51. The fraction of sp³-hybridized carbons (Fsp3) is 0.429. The predicted octanol–water partition coefficient (Wildman–Crippen LogP) is 2.96. The minimum atomic E-state index is -0.299. The molecule has 0 unspecified atom stereocenters. The lowest BCUT2D eigenvalue weighted by Gasteiger charge is -2.10. The summed E-state index contributed by atoms with van der Waals surface area (Å²) in [7, 11) is 0. The molecule has 1 aromatic rings. The number of hydrogen-bond donors (Lipinski definition) is 1. The second kappa shape index (κ2) is 6.88. The molecule has 0 spiro atoms. The van der Waals surface area contributed by atoms with Crippen LogP contribution in [0.15, 0.2) is 24.3 Å². The molecular formula is C14H16INO3. The highest BCUT2D eigenvalue weighted by atomic mass is 127. The summed E-state index contributed by atoms with van der Waals surface area (Å²) < 4.78 is 6.13. The number of carbonyl (C=O) groups is 2. The Bertz CT molecular complexity index is 452. The van der Waals surface area contributed by atoms with Crippen molar-refractivity contribution >= 4 is 40.2 Å². The van der Waals surface area contributed by atoms with Gasteiger partial charge in [-0.3, -0.25) is 9.59 Å². The van der Waals surface area contributed by atoms with E-state index >= 15 is 0 Å². The first-order valence-electron chi connectivity index (χ1n) is 6.37. The molecule has 1 aromatic carbocycles. The Balaban J connectivity index is 1.75. The number of ether oxygens (including phenoxy) is 1. The van der Waals surface area contributed by atoms with E-state index in [1.165, 1.54) is 0 Å². The van der Waals surface area contributed by atoms with E-state index in [9.17, 15) is 9.59 Å². The van der Waals surface area contributed by atoms with Crippen LogP contribution in [0.4, 0.5) is 5.69 Å². The summed E-state index contributed by atoms with van der Waals surface area (Å²) in [5, 5.41) is 2.70. The molecule has 0 bridgehead atoms. The molecule has 1 amide bonds. The summed E-state index contributed by atoms with van der Waals surface area (Å²) in [4.78, 5) is 23.3. The van der Waals surface area contributed by atoms with E-state index in [2.05, 4.69) is 27.9 Å². The van der Waals surface area contributed by atoms with Gasteiger partial charge in [0, 0.05) is 9.26 Å². The number of hydrogen-bond acceptors (Lipinski definition) is 3. The van der Waals surface area contributed by atoms with Gasteiger partial charge in [0.15, 0.2) is 6.61 Å². The summed E-state index contributed by atoms with van der Waals surface area (Å²) >= 11 is 2.19. The number of rotatable bonds is 4. The second-order valence-electron chi connectivity index (χ2n) is 4.64. The maximum Gasteiger partial charge on any atom is 0.309 e. The third kappa shape index (κ3) is 4.49. The molecule has 4 nitrogen and oxygen atoms in total. The molecule has 0 heterocycles. The lowest BCUT2D eigenvalue weighted by molar-refractivity contribution is -0.151. The lowest BCUT2D eigenvalue weighted by atomic mass is 10.1. The largest absolute Gasteiger partial charge is 0.455 e. The maximum absolute atomic E-state index is 11.6. The maximum atomic E-state index is 11.6. The van der Waals surface area contributed by atoms with Crippen molar-refractivity contribution in [2.75, 3.05) is 11.9 Å². The van der Waals surface area contributed by atoms with Crippen LogP contribution >= 0.6 is 22.6 Å². The zero-order chi connectivity index (χ0) is 13.7. The first-order chi connectivity index (χ1) is 9.15. The Labute approximate surface area is 126 Å². The number of benzene rings is 1. The Morgan fingerprint density at radius 3 is 2.47 bits per heavy atom. The van der Waals surface area contributed by atoms with Gasteiger partial charge in [-0.1, -0.05) is 12.8 Å². The highest BCUT2D eigenvalue weighted by Gasteiger charge is 2.24. The first-order valence-corrected chi connectivity index (χ1v) is 7.45. The van der Waals surface area contributed by atoms with Gasteiger partial charge in [0.25, 0.3) is 5.91 Å². The van der Waals surface area contributed by atoms with Crippen molar-refractivity contribution in [3.05, 3.63) is 27.8 Å². The van der Waals surface area contributed by atoms with Gasteiger partial charge in [-0.25, -0.2) is 0 Å². The van der Waals surface area contributed by atoms with Gasteiger partial charge >= 0.3 is 5.97 Å². The van der Waals surface area contributed by atoms with Crippen LogP contribution in [0.25, 0.3) is 0 Å². The van der Waals surface area contributed by atoms with Gasteiger partial charge in [0.05, 0.1) is 5.92 Å². The monoisotopic (exact) mass is 373 g/mol. The Hall–Kier alpha value is -1.11. The summed E-state index contributed by atoms with van der Waals surface area (Å²) in [6.45, 7) is -0.207. The van der Waals surface area contributed by atoms with Gasteiger partial charge in [0.1, 0.15) is 0 Å². The Morgan fingerprint density at radius 2 is 1.84 bits per heavy atom. The van der Waals surface area contributed by atoms with Gasteiger partial charge in [-0.2, -0.15) is 0 Å². The number of anilines is 1. The van der Waals surface area contributed by atoms with Crippen LogP contribution in [-0.2, 0) is 14.3 Å². The molecule has 0 saturated heterocycles. The van der Waals surface area contributed by atoms with E-state index in [-0.39, 0.29) is 24.4 Å². The SMILES string of the molecule is O=C(COC(=O)C1CCCC1)Nc1ccc(I)cc1. The molecule has 1 fully saturated rings. The molecule has 1 N–H and O–H groups in total. The van der Waals surface area contributed by atoms with E-state index in [0.717, 1.165) is 29.3 Å². The second-order valence-corrected chi connectivity index (χ2v) is 5.89. The van der Waals surface area contributed by atoms with Gasteiger partial charge in [-0.05, 0) is 59.7 Å². The average Bonchev–Trinajstić information content (AvgIpc) is 2.93. The molecule has 0 aromatic heterocycles. The van der Waals surface area contributed by atoms with E-state index in [0.29, 0.717) is 5.69 Å². The quantitative estimate of drug-likeness (QED) is 0.652. The topological polar surface area (TPSA) is 55.4 Å². The average molecular weight is 373 g/mol. The Morgan fingerprint density at radius 1 is 1.21 bits per heavy atom. The van der Waals surface area contributed by atoms with Crippen molar-refractivity contribution in [3.63, 3.8) is 0 Å². The van der Waals surface area contributed by atoms with Gasteiger partial charge < -0.3 is 10.1 Å². The molecule has 0 atom stereocenters. The van der Waals surface area contributed by atoms with Crippen molar-refractivity contribution in [1.82, 2.24) is 0 Å². The summed E-state index contributed by atoms with van der Waals surface area (Å²) in [5.74, 6) is -0.547. The number of halogens is 1. The van der Waals surface area contributed by atoms with E-state index < -0.39 is 0 Å². The van der Waals surface area contributed by atoms with E-state index in [4.69, 9.17) is 4.74 Å². The summed E-state index contributed by atoms with van der Waals surface area (Å²) in [6.07, 6.45) is 3.93. The van der Waals surface area contributed by atoms with Gasteiger partial charge in [0.2, 0.25) is 0 Å². The highest BCUT2D eigenvalue weighted by Crippen LogP contribution is 2.25. The van der Waals surface area contributed by atoms with Crippen LogP contribution in [0.1, 0.15) is 25.7 Å². The third-order valence-electron chi connectivity index (χ3n) is 3.16. The van der Waals surface area contributed by atoms with E-state index in [1.807, 2.05) is 24.3 Å². The molecule has 1 aliphatic carbocycles. The molecule has 0 radical (unpaired) electrons.